The van der Waals surface area contributed by atoms with Crippen molar-refractivity contribution in [1.82, 2.24) is 9.66 Å². The Balaban J connectivity index is 1.82. The number of rotatable bonds is 5. The van der Waals surface area contributed by atoms with Crippen LogP contribution in [0.3, 0.4) is 0 Å². The molecule has 0 amide bonds. The van der Waals surface area contributed by atoms with Crippen molar-refractivity contribution in [2.24, 2.45) is 5.10 Å². The predicted octanol–water partition coefficient (Wildman–Crippen LogP) is 5.79. The van der Waals surface area contributed by atoms with Crippen molar-refractivity contribution >= 4 is 54.9 Å². The quantitative estimate of drug-likeness (QED) is 0.218. The lowest BCUT2D eigenvalue weighted by Crippen LogP contribution is -2.25. The first kappa shape index (κ1) is 23.6. The van der Waals surface area contributed by atoms with E-state index in [9.17, 15) is 9.59 Å². The fraction of sp³-hybridized carbons (Fsp3) is 0.333. The molecule has 0 bridgehead atoms. The van der Waals surface area contributed by atoms with Gasteiger partial charge in [-0.2, -0.15) is 9.78 Å². The van der Waals surface area contributed by atoms with E-state index in [2.05, 4.69) is 37.0 Å². The number of nitrogens with zero attached hydrogens (tertiary/aromatic N) is 3. The van der Waals surface area contributed by atoms with Crippen LogP contribution in [0, 0.1) is 0 Å². The summed E-state index contributed by atoms with van der Waals surface area (Å²) in [6.07, 6.45) is 6.98. The summed E-state index contributed by atoms with van der Waals surface area (Å²) >= 11 is 6.93. The summed E-state index contributed by atoms with van der Waals surface area (Å²) in [6.45, 7) is 1.33. The Morgan fingerprint density at radius 3 is 2.61 bits per heavy atom. The van der Waals surface area contributed by atoms with Gasteiger partial charge in [-0.15, -0.1) is 0 Å². The number of esters is 1. The van der Waals surface area contributed by atoms with Gasteiger partial charge in [0.25, 0.3) is 5.56 Å². The molecule has 2 aromatic carbocycles. The number of hydrogen-bond acceptors (Lipinski definition) is 6. The van der Waals surface area contributed by atoms with E-state index in [0.29, 0.717) is 38.3 Å². The molecule has 1 aromatic heterocycles. The van der Waals surface area contributed by atoms with Crippen LogP contribution in [0.15, 0.2) is 49.2 Å². The molecule has 7 nitrogen and oxygen atoms in total. The number of carbonyl (C=O) groups is 1. The zero-order valence-electron chi connectivity index (χ0n) is 18.3. The van der Waals surface area contributed by atoms with E-state index >= 15 is 0 Å². The predicted molar refractivity (Wildman–Crippen MR) is 135 cm³/mol. The molecule has 4 rings (SSSR count). The highest BCUT2D eigenvalue weighted by Crippen LogP contribution is 2.34. The Bertz CT molecular complexity index is 1300. The molecule has 1 heterocycles. The Morgan fingerprint density at radius 1 is 1.15 bits per heavy atom. The van der Waals surface area contributed by atoms with E-state index in [1.54, 1.807) is 24.4 Å². The second-order valence-corrected chi connectivity index (χ2v) is 9.72. The van der Waals surface area contributed by atoms with Gasteiger partial charge < -0.3 is 9.47 Å². The van der Waals surface area contributed by atoms with E-state index in [-0.39, 0.29) is 11.5 Å². The number of aromatic nitrogens is 2. The number of hydrogen-bond donors (Lipinski definition) is 0. The molecule has 33 heavy (non-hydrogen) atoms. The Morgan fingerprint density at radius 2 is 1.91 bits per heavy atom. The standard InChI is InChI=1S/C24H23Br2N3O4/c1-14(30)33-22-12-19(26)16(10-21(22)32-2)13-27-29-23(15-6-4-3-5-7-15)28-20-9-8-17(25)11-18(20)24(29)31/h8-13,15H,3-7H2,1-2H3. The van der Waals surface area contributed by atoms with Gasteiger partial charge in [-0.3, -0.25) is 9.59 Å². The lowest BCUT2D eigenvalue weighted by atomic mass is 9.88. The second kappa shape index (κ2) is 10.2. The maximum Gasteiger partial charge on any atom is 0.308 e. The smallest absolute Gasteiger partial charge is 0.308 e. The molecular formula is C24H23Br2N3O4. The van der Waals surface area contributed by atoms with E-state index in [1.165, 1.54) is 25.1 Å². The van der Waals surface area contributed by atoms with Gasteiger partial charge in [-0.05, 0) is 59.1 Å². The van der Waals surface area contributed by atoms with Crippen LogP contribution in [0.25, 0.3) is 10.9 Å². The molecular weight excluding hydrogens is 554 g/mol. The van der Waals surface area contributed by atoms with Gasteiger partial charge >= 0.3 is 5.97 Å². The van der Waals surface area contributed by atoms with E-state index in [0.717, 1.165) is 30.2 Å². The molecule has 0 unspecified atom stereocenters. The molecule has 0 spiro atoms. The number of methoxy groups -OCH3 is 1. The SMILES string of the molecule is COc1cc(C=Nn2c(C3CCCCC3)nc3ccc(Br)cc3c2=O)c(Br)cc1OC(C)=O. The fourth-order valence-electron chi connectivity index (χ4n) is 4.07. The first-order chi connectivity index (χ1) is 15.9. The van der Waals surface area contributed by atoms with Gasteiger partial charge in [0, 0.05) is 27.4 Å². The topological polar surface area (TPSA) is 82.8 Å². The van der Waals surface area contributed by atoms with Crippen molar-refractivity contribution in [3.8, 4) is 11.5 Å². The maximum atomic E-state index is 13.4. The monoisotopic (exact) mass is 575 g/mol. The molecule has 0 atom stereocenters. The van der Waals surface area contributed by atoms with Crippen LogP contribution in [0.4, 0.5) is 0 Å². The summed E-state index contributed by atoms with van der Waals surface area (Å²) in [7, 11) is 1.49. The minimum Gasteiger partial charge on any atom is -0.493 e. The minimum atomic E-state index is -0.446. The summed E-state index contributed by atoms with van der Waals surface area (Å²) < 4.78 is 13.4. The third-order valence-corrected chi connectivity index (χ3v) is 6.83. The highest BCUT2D eigenvalue weighted by atomic mass is 79.9. The van der Waals surface area contributed by atoms with Crippen LogP contribution in [-0.2, 0) is 4.79 Å². The van der Waals surface area contributed by atoms with Gasteiger partial charge in [0.2, 0.25) is 0 Å². The molecule has 9 heteroatoms. The Hall–Kier alpha value is -2.52. The summed E-state index contributed by atoms with van der Waals surface area (Å²) in [4.78, 5) is 29.7. The molecule has 1 aliphatic rings. The first-order valence-electron chi connectivity index (χ1n) is 10.7. The van der Waals surface area contributed by atoms with E-state index < -0.39 is 5.97 Å². The van der Waals surface area contributed by atoms with Crippen LogP contribution in [-0.4, -0.2) is 29.0 Å². The number of fused-ring (bicyclic) bond motifs is 1. The molecule has 0 N–H and O–H groups in total. The van der Waals surface area contributed by atoms with E-state index in [4.69, 9.17) is 14.5 Å². The normalized spacial score (nSPS) is 14.7. The van der Waals surface area contributed by atoms with Gasteiger partial charge in [-0.1, -0.05) is 35.2 Å². The highest BCUT2D eigenvalue weighted by molar-refractivity contribution is 9.10. The molecule has 0 aliphatic heterocycles. The largest absolute Gasteiger partial charge is 0.493 e. The van der Waals surface area contributed by atoms with Crippen molar-refractivity contribution in [1.29, 1.82) is 0 Å². The van der Waals surface area contributed by atoms with Crippen LogP contribution < -0.4 is 15.0 Å². The van der Waals surface area contributed by atoms with Crippen LogP contribution in [0.2, 0.25) is 0 Å². The van der Waals surface area contributed by atoms with Crippen molar-refractivity contribution in [3.05, 3.63) is 61.0 Å². The minimum absolute atomic E-state index is 0.181. The van der Waals surface area contributed by atoms with Crippen molar-refractivity contribution in [2.75, 3.05) is 7.11 Å². The molecule has 1 aliphatic carbocycles. The fourth-order valence-corrected chi connectivity index (χ4v) is 4.85. The molecule has 172 valence electrons. The average molecular weight is 577 g/mol. The Kier molecular flexibility index (Phi) is 7.29. The maximum absolute atomic E-state index is 13.4. The van der Waals surface area contributed by atoms with Crippen LogP contribution in [0.5, 0.6) is 11.5 Å². The van der Waals surface area contributed by atoms with Crippen molar-refractivity contribution < 1.29 is 14.3 Å². The van der Waals surface area contributed by atoms with E-state index in [1.807, 2.05) is 12.1 Å². The Labute approximate surface area is 208 Å². The third-order valence-electron chi connectivity index (χ3n) is 5.65. The van der Waals surface area contributed by atoms with Crippen LogP contribution in [0.1, 0.15) is 56.3 Å². The first-order valence-corrected chi connectivity index (χ1v) is 12.3. The summed E-state index contributed by atoms with van der Waals surface area (Å²) in [5.74, 6) is 1.10. The number of halogens is 2. The molecule has 0 saturated heterocycles. The highest BCUT2D eigenvalue weighted by Gasteiger charge is 2.22. The summed E-state index contributed by atoms with van der Waals surface area (Å²) in [5, 5.41) is 5.07. The van der Waals surface area contributed by atoms with Crippen molar-refractivity contribution in [3.63, 3.8) is 0 Å². The van der Waals surface area contributed by atoms with Crippen LogP contribution >= 0.6 is 31.9 Å². The molecule has 1 saturated carbocycles. The van der Waals surface area contributed by atoms with Crippen molar-refractivity contribution in [2.45, 2.75) is 44.9 Å². The number of ether oxygens (including phenoxy) is 2. The number of carbonyl (C=O) groups excluding carboxylic acids is 1. The average Bonchev–Trinajstić information content (AvgIpc) is 2.80. The zero-order valence-corrected chi connectivity index (χ0v) is 21.5. The molecule has 0 radical (unpaired) electrons. The van der Waals surface area contributed by atoms with Gasteiger partial charge in [0.15, 0.2) is 11.5 Å². The number of benzene rings is 2. The van der Waals surface area contributed by atoms with Gasteiger partial charge in [-0.25, -0.2) is 4.98 Å². The molecule has 1 fully saturated rings. The van der Waals surface area contributed by atoms with Gasteiger partial charge in [0.05, 0.1) is 24.2 Å². The van der Waals surface area contributed by atoms with Gasteiger partial charge in [0.1, 0.15) is 5.82 Å². The summed E-state index contributed by atoms with van der Waals surface area (Å²) in [5.41, 5.74) is 1.13. The third kappa shape index (κ3) is 5.19. The second-order valence-electron chi connectivity index (χ2n) is 7.95. The zero-order chi connectivity index (χ0) is 23.5. The lowest BCUT2D eigenvalue weighted by molar-refractivity contribution is -0.132. The lowest BCUT2D eigenvalue weighted by Gasteiger charge is -2.22. The summed E-state index contributed by atoms with van der Waals surface area (Å²) in [6, 6.07) is 8.86. The molecule has 3 aromatic rings.